The van der Waals surface area contributed by atoms with Crippen molar-refractivity contribution in [3.63, 3.8) is 0 Å². The van der Waals surface area contributed by atoms with Crippen molar-refractivity contribution in [3.05, 3.63) is 10.2 Å². The fourth-order valence-electron chi connectivity index (χ4n) is 0.904. The molecular weight excluding hydrogens is 289 g/mol. The molecule has 0 saturated heterocycles. The van der Waals surface area contributed by atoms with E-state index in [1.807, 2.05) is 0 Å². The average Bonchev–Trinajstić information content (AvgIpc) is 2.30. The number of anilines is 1. The van der Waals surface area contributed by atoms with Gasteiger partial charge in [-0.3, -0.25) is 0 Å². The molecular formula is C6H5BrF5N3. The van der Waals surface area contributed by atoms with Crippen LogP contribution in [0.5, 0.6) is 0 Å². The predicted octanol–water partition coefficient (Wildman–Crippen LogP) is 2.51. The zero-order valence-corrected chi connectivity index (χ0v) is 8.61. The molecule has 0 aliphatic carbocycles. The lowest BCUT2D eigenvalue weighted by molar-refractivity contribution is -0.142. The third-order valence-electron chi connectivity index (χ3n) is 1.51. The Labute approximate surface area is 89.2 Å². The third kappa shape index (κ3) is 2.58. The summed E-state index contributed by atoms with van der Waals surface area (Å²) in [6.07, 6.45) is -7.54. The van der Waals surface area contributed by atoms with Crippen LogP contribution in [0.15, 0.2) is 4.47 Å². The minimum absolute atomic E-state index is 0.414. The largest absolute Gasteiger partial charge is 0.436 e. The number of halogens is 6. The van der Waals surface area contributed by atoms with E-state index >= 15 is 0 Å². The number of hydrogen-bond acceptors (Lipinski definition) is 2. The number of nitrogens with two attached hydrogens (primary N) is 1. The highest BCUT2D eigenvalue weighted by Gasteiger charge is 2.38. The van der Waals surface area contributed by atoms with Gasteiger partial charge in [-0.1, -0.05) is 0 Å². The summed E-state index contributed by atoms with van der Waals surface area (Å²) < 4.78 is 60.4. The van der Waals surface area contributed by atoms with Crippen molar-refractivity contribution >= 4 is 21.7 Å². The smallest absolute Gasteiger partial charge is 0.383 e. The number of rotatable bonds is 2. The van der Waals surface area contributed by atoms with Crippen molar-refractivity contribution in [2.75, 3.05) is 5.73 Å². The number of aromatic nitrogens is 2. The molecule has 0 fully saturated rings. The van der Waals surface area contributed by atoms with Gasteiger partial charge >= 0.3 is 6.18 Å². The first-order valence-corrected chi connectivity index (χ1v) is 4.40. The molecule has 0 aliphatic rings. The maximum Gasteiger partial charge on any atom is 0.436 e. The maximum atomic E-state index is 12.2. The molecule has 0 aliphatic heterocycles. The SMILES string of the molecule is Nc1c(Br)c(C(F)(F)F)nn1CC(F)F. The molecule has 3 nitrogen and oxygen atoms in total. The molecule has 0 atom stereocenters. The van der Waals surface area contributed by atoms with Gasteiger partial charge in [0.15, 0.2) is 5.69 Å². The summed E-state index contributed by atoms with van der Waals surface area (Å²) >= 11 is 2.55. The molecule has 2 N–H and O–H groups in total. The van der Waals surface area contributed by atoms with Crippen molar-refractivity contribution in [1.82, 2.24) is 9.78 Å². The predicted molar refractivity (Wildman–Crippen MR) is 45.3 cm³/mol. The molecule has 0 radical (unpaired) electrons. The third-order valence-corrected chi connectivity index (χ3v) is 2.29. The summed E-state index contributed by atoms with van der Waals surface area (Å²) in [7, 11) is 0. The highest BCUT2D eigenvalue weighted by Crippen LogP contribution is 2.36. The number of nitrogens with zero attached hydrogens (tertiary/aromatic N) is 2. The first-order valence-electron chi connectivity index (χ1n) is 3.60. The normalized spacial score (nSPS) is 12.5. The van der Waals surface area contributed by atoms with E-state index in [1.54, 1.807) is 0 Å². The molecule has 0 saturated carbocycles. The Morgan fingerprint density at radius 3 is 2.27 bits per heavy atom. The van der Waals surface area contributed by atoms with Crippen LogP contribution in [-0.4, -0.2) is 16.2 Å². The van der Waals surface area contributed by atoms with E-state index < -0.39 is 35.1 Å². The van der Waals surface area contributed by atoms with Crippen molar-refractivity contribution in [1.29, 1.82) is 0 Å². The zero-order valence-electron chi connectivity index (χ0n) is 7.02. The van der Waals surface area contributed by atoms with Gasteiger partial charge in [-0.25, -0.2) is 13.5 Å². The Hall–Kier alpha value is -0.860. The average molecular weight is 294 g/mol. The van der Waals surface area contributed by atoms with E-state index in [1.165, 1.54) is 0 Å². The van der Waals surface area contributed by atoms with Crippen LogP contribution in [0.1, 0.15) is 5.69 Å². The monoisotopic (exact) mass is 293 g/mol. The van der Waals surface area contributed by atoms with E-state index in [4.69, 9.17) is 5.73 Å². The lowest BCUT2D eigenvalue weighted by Gasteiger charge is -2.02. The topological polar surface area (TPSA) is 43.8 Å². The Bertz CT molecular complexity index is 358. The number of nitrogen functional groups attached to an aromatic ring is 1. The summed E-state index contributed by atoms with van der Waals surface area (Å²) in [6.45, 7) is -0.972. The maximum absolute atomic E-state index is 12.2. The first-order chi connectivity index (χ1) is 6.73. The second-order valence-corrected chi connectivity index (χ2v) is 3.41. The van der Waals surface area contributed by atoms with Crippen molar-refractivity contribution < 1.29 is 22.0 Å². The molecule has 1 aromatic rings. The Morgan fingerprint density at radius 1 is 1.40 bits per heavy atom. The van der Waals surface area contributed by atoms with E-state index in [2.05, 4.69) is 21.0 Å². The molecule has 0 amide bonds. The summed E-state index contributed by atoms with van der Waals surface area (Å²) in [4.78, 5) is 0. The molecule has 1 rings (SSSR count). The fraction of sp³-hybridized carbons (Fsp3) is 0.500. The van der Waals surface area contributed by atoms with E-state index in [9.17, 15) is 22.0 Å². The molecule has 1 heterocycles. The Morgan fingerprint density at radius 2 is 1.93 bits per heavy atom. The fourth-order valence-corrected chi connectivity index (χ4v) is 1.41. The molecule has 86 valence electrons. The number of hydrogen-bond donors (Lipinski definition) is 1. The van der Waals surface area contributed by atoms with Crippen LogP contribution in [-0.2, 0) is 12.7 Å². The summed E-state index contributed by atoms with van der Waals surface area (Å²) in [5, 5.41) is 2.96. The lowest BCUT2D eigenvalue weighted by atomic mass is 10.4. The highest BCUT2D eigenvalue weighted by molar-refractivity contribution is 9.10. The van der Waals surface area contributed by atoms with Gasteiger partial charge in [-0.2, -0.15) is 18.3 Å². The van der Waals surface area contributed by atoms with Gasteiger partial charge in [-0.15, -0.1) is 0 Å². The number of alkyl halides is 5. The zero-order chi connectivity index (χ0) is 11.8. The molecule has 0 unspecified atom stereocenters. The Balaban J connectivity index is 3.13. The van der Waals surface area contributed by atoms with Gasteiger partial charge in [0.2, 0.25) is 0 Å². The van der Waals surface area contributed by atoms with Crippen LogP contribution in [0, 0.1) is 0 Å². The van der Waals surface area contributed by atoms with Gasteiger partial charge in [0.05, 0.1) is 4.47 Å². The molecule has 0 aromatic carbocycles. The highest BCUT2D eigenvalue weighted by atomic mass is 79.9. The summed E-state index contributed by atoms with van der Waals surface area (Å²) in [5.41, 5.74) is 3.86. The van der Waals surface area contributed by atoms with Crippen LogP contribution in [0.4, 0.5) is 27.8 Å². The van der Waals surface area contributed by atoms with Crippen molar-refractivity contribution in [2.45, 2.75) is 19.1 Å². The molecule has 15 heavy (non-hydrogen) atoms. The molecule has 0 spiro atoms. The van der Waals surface area contributed by atoms with Crippen LogP contribution in [0.25, 0.3) is 0 Å². The molecule has 0 bridgehead atoms. The van der Waals surface area contributed by atoms with Crippen molar-refractivity contribution in [3.8, 4) is 0 Å². The van der Waals surface area contributed by atoms with Crippen LogP contribution < -0.4 is 5.73 Å². The first kappa shape index (κ1) is 12.2. The van der Waals surface area contributed by atoms with Crippen LogP contribution >= 0.6 is 15.9 Å². The second kappa shape index (κ2) is 3.95. The second-order valence-electron chi connectivity index (χ2n) is 2.62. The minimum Gasteiger partial charge on any atom is -0.383 e. The molecule has 9 heteroatoms. The summed E-state index contributed by atoms with van der Waals surface area (Å²) in [6, 6.07) is 0. The molecule has 1 aromatic heterocycles. The lowest BCUT2D eigenvalue weighted by Crippen LogP contribution is -2.12. The van der Waals surface area contributed by atoms with Crippen LogP contribution in [0.3, 0.4) is 0 Å². The van der Waals surface area contributed by atoms with E-state index in [-0.39, 0.29) is 0 Å². The standard InChI is InChI=1S/C6H5BrF5N3/c7-3-4(6(10,11)12)14-15(5(3)13)1-2(8)9/h2H,1,13H2. The van der Waals surface area contributed by atoms with Crippen molar-refractivity contribution in [2.24, 2.45) is 0 Å². The van der Waals surface area contributed by atoms with E-state index in [0.717, 1.165) is 0 Å². The van der Waals surface area contributed by atoms with E-state index in [0.29, 0.717) is 4.68 Å². The van der Waals surface area contributed by atoms with Gasteiger partial charge < -0.3 is 5.73 Å². The minimum atomic E-state index is -4.72. The van der Waals surface area contributed by atoms with Gasteiger partial charge in [0.1, 0.15) is 12.4 Å². The van der Waals surface area contributed by atoms with Gasteiger partial charge in [0.25, 0.3) is 6.43 Å². The van der Waals surface area contributed by atoms with Gasteiger partial charge in [0, 0.05) is 0 Å². The quantitative estimate of drug-likeness (QED) is 0.852. The van der Waals surface area contributed by atoms with Gasteiger partial charge in [-0.05, 0) is 15.9 Å². The summed E-state index contributed by atoms with van der Waals surface area (Å²) in [5.74, 6) is -0.470. The Kier molecular flexibility index (Phi) is 3.22. The van der Waals surface area contributed by atoms with Crippen LogP contribution in [0.2, 0.25) is 0 Å².